The van der Waals surface area contributed by atoms with Crippen molar-refractivity contribution >= 4 is 65.0 Å². The van der Waals surface area contributed by atoms with E-state index in [4.69, 9.17) is 22.9 Å². The zero-order valence-corrected chi connectivity index (χ0v) is 39.2. The number of aliphatic hydroxyl groups is 2. The molecule has 69 heavy (non-hydrogen) atoms. The summed E-state index contributed by atoms with van der Waals surface area (Å²) in [6.07, 6.45) is -1.08. The van der Waals surface area contributed by atoms with Crippen LogP contribution >= 0.6 is 0 Å². The van der Waals surface area contributed by atoms with E-state index in [0.29, 0.717) is 12.0 Å². The molecule has 18 N–H and O–H groups in total. The third-order valence-electron chi connectivity index (χ3n) is 11.1. The van der Waals surface area contributed by atoms with Crippen LogP contribution in [-0.4, -0.2) is 160 Å². The molecule has 1 saturated heterocycles. The van der Waals surface area contributed by atoms with Gasteiger partial charge in [0.05, 0.1) is 26.2 Å². The maximum atomic E-state index is 14.0. The van der Waals surface area contributed by atoms with Crippen LogP contribution in [0.4, 0.5) is 0 Å². The third kappa shape index (κ3) is 19.3. The van der Waals surface area contributed by atoms with Gasteiger partial charge in [0.2, 0.25) is 65.0 Å². The number of nitrogens with one attached hydrogen (secondary N) is 7. The lowest BCUT2D eigenvalue weighted by atomic mass is 9.96. The van der Waals surface area contributed by atoms with E-state index in [2.05, 4.69) is 37.2 Å². The number of phenols is 1. The first-order chi connectivity index (χ1) is 32.4. The van der Waals surface area contributed by atoms with Crippen LogP contribution in [0, 0.1) is 11.8 Å². The fourth-order valence-corrected chi connectivity index (χ4v) is 7.12. The lowest BCUT2D eigenvalue weighted by molar-refractivity contribution is -0.143. The Balaban J connectivity index is 2.34. The molecule has 384 valence electrons. The second-order valence-corrected chi connectivity index (χ2v) is 17.2. The number of phenolic OH excluding ortho intramolecular Hbond substituents is 1. The predicted molar refractivity (Wildman–Crippen MR) is 244 cm³/mol. The molecule has 0 unspecified atom stereocenters. The van der Waals surface area contributed by atoms with Crippen LogP contribution in [-0.2, 0) is 59.2 Å². The van der Waals surface area contributed by atoms with Gasteiger partial charge in [-0.15, -0.1) is 0 Å². The molecule has 0 aliphatic carbocycles. The molecule has 26 heteroatoms. The van der Waals surface area contributed by atoms with E-state index >= 15 is 0 Å². The molecule has 0 spiro atoms. The number of rotatable bonds is 29. The Morgan fingerprint density at radius 2 is 1.26 bits per heavy atom. The number of carbonyl (C=O) groups is 11. The Kier molecular flexibility index (Phi) is 24.0. The Morgan fingerprint density at radius 3 is 1.81 bits per heavy atom. The first-order valence-corrected chi connectivity index (χ1v) is 22.4. The molecule has 1 aliphatic rings. The van der Waals surface area contributed by atoms with Gasteiger partial charge in [0.25, 0.3) is 0 Å². The molecule has 1 aromatic rings. The van der Waals surface area contributed by atoms with Crippen molar-refractivity contribution in [1.29, 1.82) is 0 Å². The van der Waals surface area contributed by atoms with Crippen molar-refractivity contribution in [3.8, 4) is 5.75 Å². The van der Waals surface area contributed by atoms with Gasteiger partial charge in [0.15, 0.2) is 0 Å². The molecule has 0 aromatic heterocycles. The maximum Gasteiger partial charge on any atom is 0.248 e. The fraction of sp³-hybridized carbons (Fsp3) is 0.605. The topological polar surface area (TPSA) is 440 Å². The Labute approximate surface area is 398 Å². The summed E-state index contributed by atoms with van der Waals surface area (Å²) in [7, 11) is 0. The highest BCUT2D eigenvalue weighted by Gasteiger charge is 2.40. The maximum absolute atomic E-state index is 14.0. The van der Waals surface area contributed by atoms with Gasteiger partial charge in [0, 0.05) is 19.4 Å². The average molecular weight is 977 g/mol. The molecule has 26 nitrogen and oxygen atoms in total. The van der Waals surface area contributed by atoms with E-state index in [1.165, 1.54) is 24.3 Å². The summed E-state index contributed by atoms with van der Waals surface area (Å²) in [5, 5.41) is 46.3. The number of benzene rings is 1. The number of aromatic hydroxyl groups is 1. The predicted octanol–water partition coefficient (Wildman–Crippen LogP) is -6.02. The Bertz CT molecular complexity index is 2000. The van der Waals surface area contributed by atoms with Crippen LogP contribution in [0.25, 0.3) is 0 Å². The van der Waals surface area contributed by atoms with Gasteiger partial charge >= 0.3 is 0 Å². The van der Waals surface area contributed by atoms with Gasteiger partial charge in [-0.2, -0.15) is 0 Å². The molecule has 2 rings (SSSR count). The average Bonchev–Trinajstić information content (AvgIpc) is 3.79. The van der Waals surface area contributed by atoms with Crippen molar-refractivity contribution in [3.05, 3.63) is 29.8 Å². The van der Waals surface area contributed by atoms with E-state index in [1.807, 2.05) is 0 Å². The first kappa shape index (κ1) is 58.2. The van der Waals surface area contributed by atoms with Crippen LogP contribution in [0.15, 0.2) is 24.3 Å². The quantitative estimate of drug-likeness (QED) is 0.0355. The second kappa shape index (κ2) is 28.4. The highest BCUT2D eigenvalue weighted by Crippen LogP contribution is 2.20. The molecule has 1 fully saturated rings. The zero-order valence-electron chi connectivity index (χ0n) is 39.2. The highest BCUT2D eigenvalue weighted by atomic mass is 16.3. The van der Waals surface area contributed by atoms with Crippen LogP contribution < -0.4 is 60.2 Å². The smallest absolute Gasteiger partial charge is 0.248 e. The van der Waals surface area contributed by atoms with Crippen molar-refractivity contribution in [2.45, 2.75) is 127 Å². The molecule has 9 atom stereocenters. The number of carbonyl (C=O) groups excluding carboxylic acids is 11. The molecule has 1 aromatic carbocycles. The lowest BCUT2D eigenvalue weighted by Gasteiger charge is -2.30. The third-order valence-corrected chi connectivity index (χ3v) is 11.1. The molecule has 0 saturated carbocycles. The minimum absolute atomic E-state index is 0.00160. The van der Waals surface area contributed by atoms with E-state index in [9.17, 15) is 68.1 Å². The number of aliphatic hydroxyl groups excluding tert-OH is 2. The van der Waals surface area contributed by atoms with Gasteiger partial charge in [0.1, 0.15) is 54.1 Å². The summed E-state index contributed by atoms with van der Waals surface area (Å²) in [5.41, 5.74) is 22.0. The van der Waals surface area contributed by atoms with E-state index in [1.54, 1.807) is 27.7 Å². The number of nitrogens with zero attached hydrogens (tertiary/aromatic N) is 1. The van der Waals surface area contributed by atoms with Crippen LogP contribution in [0.1, 0.15) is 78.2 Å². The Hall–Kier alpha value is -6.93. The number of hydrogen-bond donors (Lipinski definition) is 14. The number of primary amides is 3. The number of amides is 11. The minimum Gasteiger partial charge on any atom is -0.508 e. The van der Waals surface area contributed by atoms with E-state index in [-0.39, 0.29) is 43.9 Å². The second-order valence-electron chi connectivity index (χ2n) is 17.2. The number of likely N-dealkylation sites (tertiary alicyclic amines) is 1. The molecular weight excluding hydrogens is 909 g/mol. The molecule has 1 aliphatic heterocycles. The lowest BCUT2D eigenvalue weighted by Crippen LogP contribution is -2.61. The summed E-state index contributed by atoms with van der Waals surface area (Å²) in [6.45, 7) is 4.62. The summed E-state index contributed by atoms with van der Waals surface area (Å²) in [6, 6.07) is -6.04. The van der Waals surface area contributed by atoms with Gasteiger partial charge in [-0.25, -0.2) is 0 Å². The van der Waals surface area contributed by atoms with Crippen molar-refractivity contribution in [2.24, 2.45) is 34.8 Å². The van der Waals surface area contributed by atoms with Crippen LogP contribution in [0.2, 0.25) is 0 Å². The van der Waals surface area contributed by atoms with Gasteiger partial charge < -0.3 is 80.4 Å². The number of nitrogens with two attached hydrogens (primary N) is 4. The summed E-state index contributed by atoms with van der Waals surface area (Å²) in [4.78, 5) is 145. The van der Waals surface area contributed by atoms with Crippen molar-refractivity contribution < 1.29 is 68.1 Å². The molecule has 0 bridgehead atoms. The van der Waals surface area contributed by atoms with Crippen molar-refractivity contribution in [1.82, 2.24) is 42.1 Å². The van der Waals surface area contributed by atoms with Crippen molar-refractivity contribution in [2.75, 3.05) is 26.3 Å². The van der Waals surface area contributed by atoms with Crippen LogP contribution in [0.3, 0.4) is 0 Å². The normalized spacial score (nSPS) is 16.8. The molecule has 0 radical (unpaired) electrons. The van der Waals surface area contributed by atoms with Crippen molar-refractivity contribution in [3.63, 3.8) is 0 Å². The largest absolute Gasteiger partial charge is 0.508 e. The van der Waals surface area contributed by atoms with E-state index in [0.717, 1.165) is 4.90 Å². The zero-order chi connectivity index (χ0) is 52.1. The minimum atomic E-state index is -1.85. The molecule has 11 amide bonds. The number of hydrogen-bond acceptors (Lipinski definition) is 15. The van der Waals surface area contributed by atoms with Gasteiger partial charge in [-0.05, 0) is 55.2 Å². The van der Waals surface area contributed by atoms with Gasteiger partial charge in [-0.1, -0.05) is 46.2 Å². The van der Waals surface area contributed by atoms with E-state index < -0.39 is 158 Å². The Morgan fingerprint density at radius 1 is 0.681 bits per heavy atom. The highest BCUT2D eigenvalue weighted by molar-refractivity contribution is 5.99. The monoisotopic (exact) mass is 976 g/mol. The molecular formula is C43H68N12O14. The summed E-state index contributed by atoms with van der Waals surface area (Å²) < 4.78 is 0. The fourth-order valence-electron chi connectivity index (χ4n) is 7.12. The molecule has 1 heterocycles. The summed E-state index contributed by atoms with van der Waals surface area (Å²) in [5.74, 6) is -11.1. The van der Waals surface area contributed by atoms with Gasteiger partial charge in [-0.3, -0.25) is 52.7 Å². The van der Waals surface area contributed by atoms with Crippen LogP contribution in [0.5, 0.6) is 5.75 Å². The summed E-state index contributed by atoms with van der Waals surface area (Å²) >= 11 is 0. The standard InChI is InChI=1S/C43H68N12O14/c1-5-22(4)35(54-40(66)28(50-36(62)25(44)19-56)16-23-8-10-24(58)11-9-23)42(68)49-26(12-13-32(45)59)38(64)51-29(17-33(46)60)39(65)53-30(20-57)43(69)55-14-6-7-31(55)41(67)52-27(15-21(2)3)37(63)48-18-34(47)61/h8-11,21-22,25-31,35,56-58H,5-7,12-20,44H2,1-4H3,(H2,45,59)(H2,46,60)(H2,47,61)(H,48,63)(H,49,68)(H,50,62)(H,51,64)(H,52,67)(H,53,65)(H,54,66)/t22-,25-,26-,27-,28-,29-,30-,31-,35-/m0/s1. The first-order valence-electron chi connectivity index (χ1n) is 22.4. The SMILES string of the molecule is CC[C@H](C)[C@H](NC(=O)[C@H](Cc1ccc(O)cc1)NC(=O)[C@@H](N)CO)C(=O)N[C@@H](CCC(N)=O)C(=O)N[C@@H](CC(N)=O)C(=O)N[C@@H](CO)C(=O)N1CCC[C@H]1C(=O)N[C@@H](CC(C)C)C(=O)NCC(N)=O.